The number of methoxy groups -OCH3 is 1. The molecular weight excluding hydrogens is 392 g/mol. The smallest absolute Gasteiger partial charge is 0.241 e. The van der Waals surface area contributed by atoms with Crippen molar-refractivity contribution in [3.63, 3.8) is 0 Å². The van der Waals surface area contributed by atoms with E-state index in [1.165, 1.54) is 13.2 Å². The zero-order chi connectivity index (χ0) is 20.9. The number of aliphatic hydroxyl groups is 1. The number of ether oxygens (including phenoxy) is 2. The Balaban J connectivity index is 1.89. The van der Waals surface area contributed by atoms with Gasteiger partial charge in [-0.1, -0.05) is 29.8 Å². The third kappa shape index (κ3) is 4.85. The second-order valence-corrected chi connectivity index (χ2v) is 6.95. The number of hydrogen-bond donors (Lipinski definition) is 2. The molecule has 0 saturated heterocycles. The van der Waals surface area contributed by atoms with Gasteiger partial charge in [0.15, 0.2) is 5.60 Å². The van der Waals surface area contributed by atoms with Crippen LogP contribution in [0, 0.1) is 0 Å². The maximum Gasteiger partial charge on any atom is 0.241 e. The van der Waals surface area contributed by atoms with Crippen molar-refractivity contribution in [1.82, 2.24) is 4.98 Å². The zero-order valence-corrected chi connectivity index (χ0v) is 16.6. The van der Waals surface area contributed by atoms with E-state index in [0.717, 1.165) is 11.1 Å². The normalized spacial score (nSPS) is 18.9. The van der Waals surface area contributed by atoms with Crippen molar-refractivity contribution in [2.24, 2.45) is 5.73 Å². The number of carbonyl (C=O) groups is 1. The number of hydrogen-bond acceptors (Lipinski definition) is 5. The minimum atomic E-state index is -1.44. The molecule has 6 nitrogen and oxygen atoms in total. The lowest BCUT2D eigenvalue weighted by Gasteiger charge is -2.33. The summed E-state index contributed by atoms with van der Waals surface area (Å²) < 4.78 is 11.3. The minimum Gasteiger partial charge on any atom is -0.498 e. The molecule has 1 amide bonds. The second-order valence-electron chi connectivity index (χ2n) is 6.54. The minimum absolute atomic E-state index is 0.196. The van der Waals surface area contributed by atoms with Crippen molar-refractivity contribution < 1.29 is 19.4 Å². The topological polar surface area (TPSA) is 94.7 Å². The quantitative estimate of drug-likeness (QED) is 0.679. The van der Waals surface area contributed by atoms with Crippen molar-refractivity contribution in [1.29, 1.82) is 0 Å². The number of carbonyl (C=O) groups excluding carboxylic acids is 1. The summed E-state index contributed by atoms with van der Waals surface area (Å²) >= 11 is 6.29. The predicted octanol–water partition coefficient (Wildman–Crippen LogP) is 3.40. The summed E-state index contributed by atoms with van der Waals surface area (Å²) in [5.74, 6) is 0.249. The van der Waals surface area contributed by atoms with Crippen LogP contribution in [0.2, 0.25) is 5.02 Å². The average Bonchev–Trinajstić information content (AvgIpc) is 2.72. The van der Waals surface area contributed by atoms with Gasteiger partial charge < -0.3 is 20.3 Å². The summed E-state index contributed by atoms with van der Waals surface area (Å²) in [7, 11) is 1.49. The number of rotatable bonds is 7. The Morgan fingerprint density at radius 3 is 2.76 bits per heavy atom. The molecule has 1 aliphatic carbocycles. The van der Waals surface area contributed by atoms with Crippen LogP contribution in [-0.4, -0.2) is 23.1 Å². The lowest BCUT2D eigenvalue weighted by atomic mass is 9.82. The average molecular weight is 413 g/mol. The highest BCUT2D eigenvalue weighted by Crippen LogP contribution is 2.41. The number of aromatic nitrogens is 1. The SMILES string of the molecule is COC1=CC=C(/C=C/C(N)=O)CC1(O)c1ccc(Cl)c(OCc2ccncc2)c1. The van der Waals surface area contributed by atoms with Crippen molar-refractivity contribution in [2.75, 3.05) is 7.11 Å². The van der Waals surface area contributed by atoms with Gasteiger partial charge in [0, 0.05) is 24.9 Å². The van der Waals surface area contributed by atoms with E-state index in [9.17, 15) is 9.90 Å². The number of primary amides is 1. The van der Waals surface area contributed by atoms with Gasteiger partial charge in [-0.2, -0.15) is 0 Å². The molecule has 0 bridgehead atoms. The highest BCUT2D eigenvalue weighted by Gasteiger charge is 2.38. The molecule has 1 aromatic heterocycles. The Hall–Kier alpha value is -3.09. The highest BCUT2D eigenvalue weighted by molar-refractivity contribution is 6.32. The summed E-state index contributed by atoms with van der Waals surface area (Å²) in [6.07, 6.45) is 9.83. The first-order chi connectivity index (χ1) is 13.9. The molecular formula is C22H21ClN2O4. The largest absolute Gasteiger partial charge is 0.498 e. The lowest BCUT2D eigenvalue weighted by molar-refractivity contribution is -0.113. The molecule has 0 radical (unpaired) electrons. The number of allylic oxidation sites excluding steroid dienone is 3. The third-order valence-electron chi connectivity index (χ3n) is 4.55. The molecule has 0 fully saturated rings. The van der Waals surface area contributed by atoms with Gasteiger partial charge in [-0.25, -0.2) is 0 Å². The van der Waals surface area contributed by atoms with E-state index in [0.29, 0.717) is 28.7 Å². The van der Waals surface area contributed by atoms with Crippen LogP contribution in [0.1, 0.15) is 17.5 Å². The number of pyridine rings is 1. The zero-order valence-electron chi connectivity index (χ0n) is 15.8. The summed E-state index contributed by atoms with van der Waals surface area (Å²) in [4.78, 5) is 15.0. The molecule has 0 saturated carbocycles. The number of nitrogens with zero attached hydrogens (tertiary/aromatic N) is 1. The van der Waals surface area contributed by atoms with Gasteiger partial charge in [-0.05, 0) is 47.0 Å². The molecule has 2 aromatic rings. The van der Waals surface area contributed by atoms with Crippen LogP contribution in [-0.2, 0) is 21.7 Å². The molecule has 150 valence electrons. The van der Waals surface area contributed by atoms with Crippen molar-refractivity contribution in [3.05, 3.63) is 94.5 Å². The number of nitrogens with two attached hydrogens (primary N) is 1. The number of halogens is 1. The molecule has 3 N–H and O–H groups in total. The van der Waals surface area contributed by atoms with Gasteiger partial charge >= 0.3 is 0 Å². The second kappa shape index (κ2) is 8.94. The van der Waals surface area contributed by atoms with E-state index in [-0.39, 0.29) is 6.42 Å². The Kier molecular flexibility index (Phi) is 6.36. The molecule has 0 aliphatic heterocycles. The van der Waals surface area contributed by atoms with Gasteiger partial charge in [0.25, 0.3) is 0 Å². The van der Waals surface area contributed by atoms with Crippen LogP contribution < -0.4 is 10.5 Å². The summed E-state index contributed by atoms with van der Waals surface area (Å²) in [5, 5.41) is 11.9. The van der Waals surface area contributed by atoms with Gasteiger partial charge in [0.05, 0.1) is 12.1 Å². The lowest BCUT2D eigenvalue weighted by Crippen LogP contribution is -2.31. The third-order valence-corrected chi connectivity index (χ3v) is 4.86. The maximum atomic E-state index is 11.4. The van der Waals surface area contributed by atoms with E-state index >= 15 is 0 Å². The molecule has 3 rings (SSSR count). The number of amides is 1. The fourth-order valence-electron chi connectivity index (χ4n) is 3.06. The molecule has 7 heteroatoms. The monoisotopic (exact) mass is 412 g/mol. The van der Waals surface area contributed by atoms with Gasteiger partial charge in [0.2, 0.25) is 5.91 Å². The van der Waals surface area contributed by atoms with Crippen molar-refractivity contribution in [3.8, 4) is 5.75 Å². The maximum absolute atomic E-state index is 11.4. The van der Waals surface area contributed by atoms with Crippen molar-refractivity contribution in [2.45, 2.75) is 18.6 Å². The summed E-state index contributed by atoms with van der Waals surface area (Å²) in [5.41, 5.74) is 5.94. The first-order valence-electron chi connectivity index (χ1n) is 8.89. The van der Waals surface area contributed by atoms with E-state index in [4.69, 9.17) is 26.8 Å². The Bertz CT molecular complexity index is 986. The molecule has 1 unspecified atom stereocenters. The fraction of sp³-hybridized carbons (Fsp3) is 0.182. The molecule has 1 aliphatic rings. The van der Waals surface area contributed by atoms with Crippen LogP contribution in [0.15, 0.2) is 78.4 Å². The van der Waals surface area contributed by atoms with Crippen LogP contribution in [0.25, 0.3) is 0 Å². The standard InChI is InChI=1S/C22H21ClN2O4/c1-28-20-6-2-15(3-7-21(24)26)13-22(20,27)17-4-5-18(23)19(12-17)29-14-16-8-10-25-11-9-16/h2-12,27H,13-14H2,1H3,(H2,24,26)/b7-3+. The number of benzene rings is 1. The molecule has 1 heterocycles. The molecule has 0 spiro atoms. The Labute approximate surface area is 173 Å². The van der Waals surface area contributed by atoms with Crippen LogP contribution in [0.4, 0.5) is 0 Å². The van der Waals surface area contributed by atoms with Gasteiger partial charge in [-0.3, -0.25) is 9.78 Å². The van der Waals surface area contributed by atoms with Gasteiger partial charge in [0.1, 0.15) is 18.1 Å². The Morgan fingerprint density at radius 2 is 2.07 bits per heavy atom. The molecule has 29 heavy (non-hydrogen) atoms. The Morgan fingerprint density at radius 1 is 1.31 bits per heavy atom. The highest BCUT2D eigenvalue weighted by atomic mass is 35.5. The molecule has 1 atom stereocenters. The first-order valence-corrected chi connectivity index (χ1v) is 9.27. The fourth-order valence-corrected chi connectivity index (χ4v) is 3.23. The van der Waals surface area contributed by atoms with Crippen LogP contribution in [0.5, 0.6) is 5.75 Å². The van der Waals surface area contributed by atoms with Crippen molar-refractivity contribution >= 4 is 17.5 Å². The van der Waals surface area contributed by atoms with E-state index in [1.54, 1.807) is 48.8 Å². The van der Waals surface area contributed by atoms with E-state index in [2.05, 4.69) is 4.98 Å². The van der Waals surface area contributed by atoms with Crippen LogP contribution in [0.3, 0.4) is 0 Å². The first kappa shape index (κ1) is 20.6. The molecule has 1 aromatic carbocycles. The summed E-state index contributed by atoms with van der Waals surface area (Å²) in [6, 6.07) is 8.77. The van der Waals surface area contributed by atoms with E-state index < -0.39 is 11.5 Å². The predicted molar refractivity (Wildman–Crippen MR) is 110 cm³/mol. The van der Waals surface area contributed by atoms with E-state index in [1.807, 2.05) is 12.1 Å². The van der Waals surface area contributed by atoms with Crippen LogP contribution >= 0.6 is 11.6 Å². The summed E-state index contributed by atoms with van der Waals surface area (Å²) in [6.45, 7) is 0.309. The van der Waals surface area contributed by atoms with Gasteiger partial charge in [-0.15, -0.1) is 0 Å².